The maximum absolute atomic E-state index is 10.4. The number of piperidine rings is 6. The molecule has 6 aliphatic rings. The van der Waals surface area contributed by atoms with Crippen LogP contribution in [0.4, 0.5) is 0 Å². The highest BCUT2D eigenvalue weighted by atomic mass is 16.1. The van der Waals surface area contributed by atoms with Crippen LogP contribution in [0.5, 0.6) is 0 Å². The first-order chi connectivity index (χ1) is 10.7. The predicted octanol–water partition coefficient (Wildman–Crippen LogP) is 2.45. The molecule has 0 saturated carbocycles. The van der Waals surface area contributed by atoms with Gasteiger partial charge in [0.05, 0.1) is 6.07 Å². The molecule has 6 fully saturated rings. The summed E-state index contributed by atoms with van der Waals surface area (Å²) in [4.78, 5) is 15.5. The lowest BCUT2D eigenvalue weighted by molar-refractivity contribution is -0.112. The summed E-state index contributed by atoms with van der Waals surface area (Å²) in [7, 11) is 0. The van der Waals surface area contributed by atoms with Gasteiger partial charge in [-0.05, 0) is 88.6 Å². The fraction of sp³-hybridized carbons (Fsp3) is 0.889. The highest BCUT2D eigenvalue weighted by Gasteiger charge is 2.39. The minimum atomic E-state index is 0.427. The number of nitrogens with zero attached hydrogens (tertiary/aromatic N) is 3. The molecule has 0 aromatic rings. The van der Waals surface area contributed by atoms with Gasteiger partial charge in [-0.3, -0.25) is 0 Å². The Labute approximate surface area is 134 Å². The summed E-state index contributed by atoms with van der Waals surface area (Å²) < 4.78 is 0. The van der Waals surface area contributed by atoms with Crippen molar-refractivity contribution in [2.24, 2.45) is 10.8 Å². The highest BCUT2D eigenvalue weighted by Crippen LogP contribution is 2.43. The lowest BCUT2D eigenvalue weighted by atomic mass is 9.70. The normalized spacial score (nSPS) is 42.1. The van der Waals surface area contributed by atoms with Gasteiger partial charge in [-0.25, -0.2) is 0 Å². The number of hydrogen-bond acceptors (Lipinski definition) is 4. The van der Waals surface area contributed by atoms with Gasteiger partial charge >= 0.3 is 0 Å². The van der Waals surface area contributed by atoms with Gasteiger partial charge in [0, 0.05) is 12.8 Å². The van der Waals surface area contributed by atoms with E-state index in [-0.39, 0.29) is 0 Å². The standard InChI is InChI=1S/C9H14N2.C9H15NO/c10-5-1-9-2-6-11(7-3-9)8-4-9;11-8-4-9-1-5-10(6-2-9)7-3-9/h1-4,6-8H2;8H,1-7H2. The molecule has 6 aliphatic heterocycles. The average molecular weight is 303 g/mol. The van der Waals surface area contributed by atoms with E-state index in [0.717, 1.165) is 19.1 Å². The first kappa shape index (κ1) is 16.0. The lowest BCUT2D eigenvalue weighted by Gasteiger charge is -2.47. The van der Waals surface area contributed by atoms with E-state index < -0.39 is 0 Å². The van der Waals surface area contributed by atoms with E-state index in [1.165, 1.54) is 77.8 Å². The maximum atomic E-state index is 10.4. The fourth-order valence-electron chi connectivity index (χ4n) is 4.71. The molecule has 6 heterocycles. The van der Waals surface area contributed by atoms with Crippen LogP contribution in [0.2, 0.25) is 0 Å². The van der Waals surface area contributed by atoms with Crippen molar-refractivity contribution >= 4 is 6.29 Å². The number of hydrogen-bond donors (Lipinski definition) is 0. The number of carbonyl (C=O) groups excluding carboxylic acids is 1. The van der Waals surface area contributed by atoms with Crippen LogP contribution in [0.25, 0.3) is 0 Å². The van der Waals surface area contributed by atoms with Crippen molar-refractivity contribution in [2.75, 3.05) is 39.3 Å². The largest absolute Gasteiger partial charge is 0.303 e. The van der Waals surface area contributed by atoms with Gasteiger partial charge in [0.1, 0.15) is 6.29 Å². The Morgan fingerprint density at radius 3 is 1.59 bits per heavy atom. The van der Waals surface area contributed by atoms with Crippen LogP contribution >= 0.6 is 0 Å². The first-order valence-corrected chi connectivity index (χ1v) is 8.95. The van der Waals surface area contributed by atoms with Crippen LogP contribution < -0.4 is 0 Å². The molecule has 0 spiro atoms. The summed E-state index contributed by atoms with van der Waals surface area (Å²) in [6.45, 7) is 7.40. The fourth-order valence-corrected chi connectivity index (χ4v) is 4.71. The van der Waals surface area contributed by atoms with E-state index in [4.69, 9.17) is 5.26 Å². The second kappa shape index (κ2) is 6.68. The summed E-state index contributed by atoms with van der Waals surface area (Å²) in [5.74, 6) is 0. The van der Waals surface area contributed by atoms with Crippen LogP contribution in [0.1, 0.15) is 51.4 Å². The topological polar surface area (TPSA) is 47.3 Å². The number of fused-ring (bicyclic) bond motifs is 6. The van der Waals surface area contributed by atoms with Crippen LogP contribution in [0.15, 0.2) is 0 Å². The van der Waals surface area contributed by atoms with Gasteiger partial charge in [0.2, 0.25) is 0 Å². The Morgan fingerprint density at radius 2 is 1.23 bits per heavy atom. The smallest absolute Gasteiger partial charge is 0.120 e. The zero-order valence-corrected chi connectivity index (χ0v) is 13.7. The number of rotatable bonds is 3. The van der Waals surface area contributed by atoms with E-state index in [1.807, 2.05) is 0 Å². The zero-order valence-electron chi connectivity index (χ0n) is 13.7. The average Bonchev–Trinajstić information content (AvgIpc) is 2.59. The van der Waals surface area contributed by atoms with Crippen LogP contribution in [0, 0.1) is 22.2 Å². The van der Waals surface area contributed by atoms with Crippen molar-refractivity contribution in [3.8, 4) is 6.07 Å². The Bertz CT molecular complexity index is 399. The monoisotopic (exact) mass is 303 g/mol. The van der Waals surface area contributed by atoms with Gasteiger partial charge in [-0.2, -0.15) is 5.26 Å². The molecule has 6 saturated heterocycles. The molecule has 0 atom stereocenters. The van der Waals surface area contributed by atoms with Crippen LogP contribution in [0.3, 0.4) is 0 Å². The summed E-state index contributed by atoms with van der Waals surface area (Å²) in [6, 6.07) is 2.34. The molecular formula is C18H29N3O. The third kappa shape index (κ3) is 3.36. The molecule has 4 heteroatoms. The molecular weight excluding hydrogens is 274 g/mol. The molecule has 0 N–H and O–H groups in total. The maximum Gasteiger partial charge on any atom is 0.120 e. The van der Waals surface area contributed by atoms with Crippen molar-refractivity contribution in [1.82, 2.24) is 9.80 Å². The summed E-state index contributed by atoms with van der Waals surface area (Å²) in [6.07, 6.45) is 10.3. The van der Waals surface area contributed by atoms with Gasteiger partial charge in [-0.15, -0.1) is 0 Å². The minimum Gasteiger partial charge on any atom is -0.303 e. The molecule has 6 rings (SSSR count). The molecule has 122 valence electrons. The van der Waals surface area contributed by atoms with Gasteiger partial charge < -0.3 is 14.6 Å². The quantitative estimate of drug-likeness (QED) is 0.751. The number of aldehydes is 1. The van der Waals surface area contributed by atoms with E-state index in [0.29, 0.717) is 10.8 Å². The molecule has 0 aliphatic carbocycles. The highest BCUT2D eigenvalue weighted by molar-refractivity contribution is 5.51. The van der Waals surface area contributed by atoms with Crippen molar-refractivity contribution in [3.63, 3.8) is 0 Å². The van der Waals surface area contributed by atoms with Gasteiger partial charge in [-0.1, -0.05) is 0 Å². The number of nitriles is 1. The van der Waals surface area contributed by atoms with Crippen LogP contribution in [-0.4, -0.2) is 55.4 Å². The predicted molar refractivity (Wildman–Crippen MR) is 86.4 cm³/mol. The summed E-state index contributed by atoms with van der Waals surface area (Å²) >= 11 is 0. The Hall–Kier alpha value is -0.920. The molecule has 0 unspecified atom stereocenters. The van der Waals surface area contributed by atoms with Crippen molar-refractivity contribution < 1.29 is 4.79 Å². The minimum absolute atomic E-state index is 0.427. The molecule has 0 amide bonds. The second-order valence-electron chi connectivity index (χ2n) is 7.89. The van der Waals surface area contributed by atoms with E-state index in [1.54, 1.807) is 0 Å². The van der Waals surface area contributed by atoms with Crippen molar-refractivity contribution in [1.29, 1.82) is 5.26 Å². The zero-order chi connectivity index (χ0) is 15.5. The Balaban J connectivity index is 0.000000131. The summed E-state index contributed by atoms with van der Waals surface area (Å²) in [5, 5.41) is 8.67. The summed E-state index contributed by atoms with van der Waals surface area (Å²) in [5.41, 5.74) is 0.861. The molecule has 4 bridgehead atoms. The van der Waals surface area contributed by atoms with Gasteiger partial charge in [0.25, 0.3) is 0 Å². The Morgan fingerprint density at radius 1 is 0.818 bits per heavy atom. The van der Waals surface area contributed by atoms with Gasteiger partial charge in [0.15, 0.2) is 0 Å². The molecule has 0 aromatic carbocycles. The molecule has 22 heavy (non-hydrogen) atoms. The van der Waals surface area contributed by atoms with Crippen LogP contribution in [-0.2, 0) is 4.79 Å². The van der Waals surface area contributed by atoms with Crippen molar-refractivity contribution in [2.45, 2.75) is 51.4 Å². The van der Waals surface area contributed by atoms with E-state index >= 15 is 0 Å². The molecule has 0 radical (unpaired) electrons. The lowest BCUT2D eigenvalue weighted by Crippen LogP contribution is -2.48. The first-order valence-electron chi connectivity index (χ1n) is 8.95. The van der Waals surface area contributed by atoms with Crippen molar-refractivity contribution in [3.05, 3.63) is 0 Å². The van der Waals surface area contributed by atoms with E-state index in [9.17, 15) is 4.79 Å². The third-order valence-electron chi connectivity index (χ3n) is 6.72. The molecule has 4 nitrogen and oxygen atoms in total. The third-order valence-corrected chi connectivity index (χ3v) is 6.72. The SMILES string of the molecule is N#CCC12CCN(CC1)CC2.O=CCC12CCN(CC1)CC2. The Kier molecular flexibility index (Phi) is 4.84. The number of carbonyl (C=O) groups is 1. The van der Waals surface area contributed by atoms with E-state index in [2.05, 4.69) is 15.9 Å². The second-order valence-corrected chi connectivity index (χ2v) is 7.89. The molecule has 0 aromatic heterocycles.